The minimum Gasteiger partial charge on any atom is -0.462 e. The van der Waals surface area contributed by atoms with E-state index >= 15 is 0 Å². The number of esters is 3. The molecular formula is C65H110O6. The van der Waals surface area contributed by atoms with Crippen molar-refractivity contribution < 1.29 is 28.6 Å². The normalized spacial score (nSPS) is 12.8. The van der Waals surface area contributed by atoms with E-state index in [2.05, 4.69) is 118 Å². The molecule has 6 nitrogen and oxygen atoms in total. The number of carbonyl (C=O) groups excluding carboxylic acids is 3. The maximum Gasteiger partial charge on any atom is 0.306 e. The lowest BCUT2D eigenvalue weighted by atomic mass is 10.0. The third kappa shape index (κ3) is 57.1. The van der Waals surface area contributed by atoms with Gasteiger partial charge in [0.2, 0.25) is 0 Å². The zero-order valence-corrected chi connectivity index (χ0v) is 46.5. The molecule has 0 aromatic heterocycles. The maximum absolute atomic E-state index is 12.8. The Morgan fingerprint density at radius 1 is 0.296 bits per heavy atom. The Bertz CT molecular complexity index is 1410. The predicted octanol–water partition coefficient (Wildman–Crippen LogP) is 20.1. The summed E-state index contributed by atoms with van der Waals surface area (Å²) in [6.45, 7) is 6.40. The van der Waals surface area contributed by atoms with Crippen molar-refractivity contribution in [3.63, 3.8) is 0 Å². The third-order valence-corrected chi connectivity index (χ3v) is 12.6. The van der Waals surface area contributed by atoms with E-state index in [1.807, 2.05) is 0 Å². The molecule has 0 saturated carbocycles. The predicted molar refractivity (Wildman–Crippen MR) is 307 cm³/mol. The Labute approximate surface area is 438 Å². The fourth-order valence-corrected chi connectivity index (χ4v) is 8.19. The highest BCUT2D eigenvalue weighted by molar-refractivity contribution is 5.71. The van der Waals surface area contributed by atoms with Crippen LogP contribution in [-0.2, 0) is 28.6 Å². The fraction of sp³-hybridized carbons (Fsp3) is 0.708. The van der Waals surface area contributed by atoms with Gasteiger partial charge in [0.1, 0.15) is 13.2 Å². The van der Waals surface area contributed by atoms with Crippen LogP contribution in [0.25, 0.3) is 0 Å². The van der Waals surface area contributed by atoms with Gasteiger partial charge >= 0.3 is 17.9 Å². The Morgan fingerprint density at radius 3 is 0.859 bits per heavy atom. The van der Waals surface area contributed by atoms with E-state index in [9.17, 15) is 14.4 Å². The molecule has 6 heteroatoms. The summed E-state index contributed by atoms with van der Waals surface area (Å²) in [5, 5.41) is 0. The molecule has 0 fully saturated rings. The van der Waals surface area contributed by atoms with Crippen LogP contribution in [-0.4, -0.2) is 37.2 Å². The number of unbranched alkanes of at least 4 members (excludes halogenated alkanes) is 26. The Kier molecular flexibility index (Phi) is 55.9. The second-order valence-electron chi connectivity index (χ2n) is 19.5. The van der Waals surface area contributed by atoms with Gasteiger partial charge < -0.3 is 14.2 Å². The summed E-state index contributed by atoms with van der Waals surface area (Å²) in [5.41, 5.74) is 0. The molecule has 71 heavy (non-hydrogen) atoms. The average molecular weight is 988 g/mol. The second-order valence-corrected chi connectivity index (χ2v) is 19.5. The lowest BCUT2D eigenvalue weighted by Gasteiger charge is -2.18. The molecule has 1 atom stereocenters. The summed E-state index contributed by atoms with van der Waals surface area (Å²) >= 11 is 0. The highest BCUT2D eigenvalue weighted by Gasteiger charge is 2.19. The Morgan fingerprint density at radius 2 is 0.549 bits per heavy atom. The molecule has 0 radical (unpaired) electrons. The van der Waals surface area contributed by atoms with Gasteiger partial charge in [0, 0.05) is 19.3 Å². The molecule has 0 aliphatic heterocycles. The largest absolute Gasteiger partial charge is 0.462 e. The molecule has 0 aliphatic carbocycles. The zero-order chi connectivity index (χ0) is 51.4. The van der Waals surface area contributed by atoms with Crippen molar-refractivity contribution in [1.82, 2.24) is 0 Å². The van der Waals surface area contributed by atoms with E-state index in [0.717, 1.165) is 122 Å². The molecule has 0 aromatic carbocycles. The highest BCUT2D eigenvalue weighted by atomic mass is 16.6. The number of hydrogen-bond acceptors (Lipinski definition) is 6. The van der Waals surface area contributed by atoms with Gasteiger partial charge in [-0.3, -0.25) is 14.4 Å². The number of hydrogen-bond donors (Lipinski definition) is 0. The standard InChI is InChI=1S/C65H110O6/c1-4-7-10-13-16-19-21-23-25-27-29-30-31-32-33-34-36-37-39-41-43-46-49-52-55-58-64(67)70-61-62(60-69-63(66)57-54-51-48-45-18-15-12-9-6-3)71-65(68)59-56-53-50-47-44-42-40-38-35-28-26-24-22-20-17-14-11-8-5-2/h7-8,10-11,16-17,19-20,23-26,29-30,35,38,62H,4-6,9,12-15,18,21-22,27-28,31-34,36-37,39-61H2,1-3H3/b10-7-,11-8-,19-16-,20-17-,25-23-,26-24-,30-29-,38-35-. The van der Waals surface area contributed by atoms with E-state index in [4.69, 9.17) is 14.2 Å². The maximum atomic E-state index is 12.8. The third-order valence-electron chi connectivity index (χ3n) is 12.6. The zero-order valence-electron chi connectivity index (χ0n) is 46.5. The fourth-order valence-electron chi connectivity index (χ4n) is 8.19. The molecule has 0 N–H and O–H groups in total. The number of rotatable bonds is 53. The summed E-state index contributed by atoms with van der Waals surface area (Å²) in [6, 6.07) is 0. The molecule has 406 valence electrons. The van der Waals surface area contributed by atoms with Crippen molar-refractivity contribution in [2.45, 2.75) is 284 Å². The van der Waals surface area contributed by atoms with Gasteiger partial charge in [-0.2, -0.15) is 0 Å². The average Bonchev–Trinajstić information content (AvgIpc) is 3.37. The van der Waals surface area contributed by atoms with Crippen molar-refractivity contribution in [3.05, 3.63) is 97.2 Å². The van der Waals surface area contributed by atoms with Gasteiger partial charge in [0.05, 0.1) is 0 Å². The number of ether oxygens (including phenoxy) is 3. The number of carbonyl (C=O) groups is 3. The minimum atomic E-state index is -0.784. The van der Waals surface area contributed by atoms with Crippen LogP contribution in [0, 0.1) is 0 Å². The first kappa shape index (κ1) is 67.3. The van der Waals surface area contributed by atoms with Crippen LogP contribution in [0.3, 0.4) is 0 Å². The topological polar surface area (TPSA) is 78.9 Å². The van der Waals surface area contributed by atoms with Crippen LogP contribution in [0.15, 0.2) is 97.2 Å². The van der Waals surface area contributed by atoms with Gasteiger partial charge in [-0.15, -0.1) is 0 Å². The SMILES string of the molecule is CC/C=C\C/C=C\C/C=C\C/C=C\CCCCCCCCCCCCCCC(=O)OCC(COC(=O)CCCCCCCCCCC)OC(=O)CCCCCCCC/C=C\C/C=C\C/C=C\C/C=C\CC. The monoisotopic (exact) mass is 987 g/mol. The first-order valence-electron chi connectivity index (χ1n) is 29.7. The highest BCUT2D eigenvalue weighted by Crippen LogP contribution is 2.16. The smallest absolute Gasteiger partial charge is 0.306 e. The second kappa shape index (κ2) is 58.9. The molecule has 0 spiro atoms. The molecule has 0 aliphatic rings. The van der Waals surface area contributed by atoms with E-state index in [0.29, 0.717) is 19.3 Å². The molecule has 0 aromatic rings. The van der Waals surface area contributed by atoms with Gasteiger partial charge in [0.15, 0.2) is 6.10 Å². The van der Waals surface area contributed by atoms with Gasteiger partial charge in [-0.05, 0) is 96.3 Å². The summed E-state index contributed by atoms with van der Waals surface area (Å²) in [4.78, 5) is 38.1. The van der Waals surface area contributed by atoms with E-state index in [1.54, 1.807) is 0 Å². The van der Waals surface area contributed by atoms with Crippen molar-refractivity contribution in [2.75, 3.05) is 13.2 Å². The quantitative estimate of drug-likeness (QED) is 0.0261. The molecule has 0 heterocycles. The first-order valence-corrected chi connectivity index (χ1v) is 29.7. The summed E-state index contributed by atoms with van der Waals surface area (Å²) < 4.78 is 16.8. The molecule has 0 rings (SSSR count). The molecule has 0 amide bonds. The van der Waals surface area contributed by atoms with E-state index in [-0.39, 0.29) is 31.1 Å². The molecule has 0 bridgehead atoms. The molecule has 0 saturated heterocycles. The van der Waals surface area contributed by atoms with Gasteiger partial charge in [-0.1, -0.05) is 259 Å². The summed E-state index contributed by atoms with van der Waals surface area (Å²) in [6.07, 6.45) is 78.4. The van der Waals surface area contributed by atoms with E-state index in [1.165, 1.54) is 116 Å². The van der Waals surface area contributed by atoms with Crippen LogP contribution in [0.5, 0.6) is 0 Å². The van der Waals surface area contributed by atoms with Gasteiger partial charge in [0.25, 0.3) is 0 Å². The van der Waals surface area contributed by atoms with Crippen molar-refractivity contribution >= 4 is 17.9 Å². The molecule has 1 unspecified atom stereocenters. The lowest BCUT2D eigenvalue weighted by Crippen LogP contribution is -2.30. The van der Waals surface area contributed by atoms with E-state index < -0.39 is 6.10 Å². The Balaban J connectivity index is 4.25. The van der Waals surface area contributed by atoms with Crippen LogP contribution in [0.1, 0.15) is 278 Å². The summed E-state index contributed by atoms with van der Waals surface area (Å²) in [5.74, 6) is -0.895. The van der Waals surface area contributed by atoms with Crippen LogP contribution in [0.2, 0.25) is 0 Å². The molecular weight excluding hydrogens is 877 g/mol. The summed E-state index contributed by atoms with van der Waals surface area (Å²) in [7, 11) is 0. The Hall–Kier alpha value is -3.67. The lowest BCUT2D eigenvalue weighted by molar-refractivity contribution is -0.167. The van der Waals surface area contributed by atoms with Crippen molar-refractivity contribution in [2.24, 2.45) is 0 Å². The van der Waals surface area contributed by atoms with Crippen LogP contribution in [0.4, 0.5) is 0 Å². The van der Waals surface area contributed by atoms with Crippen LogP contribution >= 0.6 is 0 Å². The van der Waals surface area contributed by atoms with Crippen LogP contribution < -0.4 is 0 Å². The van der Waals surface area contributed by atoms with Crippen molar-refractivity contribution in [1.29, 1.82) is 0 Å². The van der Waals surface area contributed by atoms with Gasteiger partial charge in [-0.25, -0.2) is 0 Å². The minimum absolute atomic E-state index is 0.0821. The first-order chi connectivity index (χ1) is 35.0. The number of allylic oxidation sites excluding steroid dienone is 16. The van der Waals surface area contributed by atoms with Crippen molar-refractivity contribution in [3.8, 4) is 0 Å².